The standard InChI is InChI=1S/C11H22N2O/c1-3-5-8-13(4-2)11(14)9-12-10-6-7-10/h10,12H,3-9H2,1-2H3. The number of amides is 1. The Balaban J connectivity index is 2.15. The fourth-order valence-corrected chi connectivity index (χ4v) is 1.44. The van der Waals surface area contributed by atoms with Crippen molar-refractivity contribution in [3.05, 3.63) is 0 Å². The summed E-state index contributed by atoms with van der Waals surface area (Å²) in [6.45, 7) is 6.48. The summed E-state index contributed by atoms with van der Waals surface area (Å²) in [7, 11) is 0. The molecule has 1 N–H and O–H groups in total. The smallest absolute Gasteiger partial charge is 0.236 e. The van der Waals surface area contributed by atoms with E-state index in [4.69, 9.17) is 0 Å². The number of unbranched alkanes of at least 4 members (excludes halogenated alkanes) is 1. The highest BCUT2D eigenvalue weighted by Crippen LogP contribution is 2.18. The van der Waals surface area contributed by atoms with Crippen molar-refractivity contribution in [2.24, 2.45) is 0 Å². The lowest BCUT2D eigenvalue weighted by atomic mass is 10.3. The van der Waals surface area contributed by atoms with Crippen LogP contribution in [0.5, 0.6) is 0 Å². The highest BCUT2D eigenvalue weighted by atomic mass is 16.2. The summed E-state index contributed by atoms with van der Waals surface area (Å²) in [5, 5.41) is 3.26. The van der Waals surface area contributed by atoms with Crippen molar-refractivity contribution in [2.45, 2.75) is 45.6 Å². The van der Waals surface area contributed by atoms with E-state index in [0.717, 1.165) is 25.9 Å². The molecule has 1 aliphatic carbocycles. The first-order chi connectivity index (χ1) is 6.77. The Bertz CT molecular complexity index is 178. The Morgan fingerprint density at radius 1 is 1.43 bits per heavy atom. The van der Waals surface area contributed by atoms with E-state index < -0.39 is 0 Å². The molecule has 0 spiro atoms. The second-order valence-electron chi connectivity index (χ2n) is 3.98. The van der Waals surface area contributed by atoms with Crippen molar-refractivity contribution in [2.75, 3.05) is 19.6 Å². The minimum atomic E-state index is 0.257. The Labute approximate surface area is 86.9 Å². The second kappa shape index (κ2) is 6.02. The Morgan fingerprint density at radius 2 is 2.14 bits per heavy atom. The average Bonchev–Trinajstić information content (AvgIpc) is 2.99. The minimum Gasteiger partial charge on any atom is -0.342 e. The molecule has 3 heteroatoms. The van der Waals surface area contributed by atoms with Crippen LogP contribution in [0.15, 0.2) is 0 Å². The van der Waals surface area contributed by atoms with Crippen LogP contribution >= 0.6 is 0 Å². The number of likely N-dealkylation sites (N-methyl/N-ethyl adjacent to an activating group) is 1. The van der Waals surface area contributed by atoms with E-state index in [9.17, 15) is 4.79 Å². The molecule has 0 bridgehead atoms. The van der Waals surface area contributed by atoms with Gasteiger partial charge >= 0.3 is 0 Å². The quantitative estimate of drug-likeness (QED) is 0.670. The molecule has 0 unspecified atom stereocenters. The van der Waals surface area contributed by atoms with Gasteiger partial charge in [-0.05, 0) is 26.2 Å². The predicted octanol–water partition coefficient (Wildman–Crippen LogP) is 1.39. The van der Waals surface area contributed by atoms with Gasteiger partial charge in [-0.15, -0.1) is 0 Å². The van der Waals surface area contributed by atoms with Crippen LogP contribution in [-0.2, 0) is 4.79 Å². The third-order valence-corrected chi connectivity index (χ3v) is 2.64. The molecule has 0 radical (unpaired) electrons. The summed E-state index contributed by atoms with van der Waals surface area (Å²) in [5.74, 6) is 0.257. The molecule has 3 nitrogen and oxygen atoms in total. The molecule has 14 heavy (non-hydrogen) atoms. The van der Waals surface area contributed by atoms with Crippen molar-refractivity contribution < 1.29 is 4.79 Å². The first-order valence-electron chi connectivity index (χ1n) is 5.79. The molecule has 0 aromatic carbocycles. The van der Waals surface area contributed by atoms with Gasteiger partial charge in [0, 0.05) is 19.1 Å². The normalized spacial score (nSPS) is 15.6. The molecule has 1 amide bonds. The van der Waals surface area contributed by atoms with Crippen LogP contribution in [0.25, 0.3) is 0 Å². The van der Waals surface area contributed by atoms with Crippen LogP contribution in [0.4, 0.5) is 0 Å². The number of hydrogen-bond acceptors (Lipinski definition) is 2. The van der Waals surface area contributed by atoms with E-state index in [-0.39, 0.29) is 5.91 Å². The van der Waals surface area contributed by atoms with Crippen molar-refractivity contribution in [3.63, 3.8) is 0 Å². The molecule has 1 rings (SSSR count). The fourth-order valence-electron chi connectivity index (χ4n) is 1.44. The number of nitrogens with one attached hydrogen (secondary N) is 1. The largest absolute Gasteiger partial charge is 0.342 e. The van der Waals surface area contributed by atoms with Gasteiger partial charge in [0.2, 0.25) is 5.91 Å². The predicted molar refractivity (Wildman–Crippen MR) is 58.2 cm³/mol. The topological polar surface area (TPSA) is 32.3 Å². The number of carbonyl (C=O) groups is 1. The van der Waals surface area contributed by atoms with Crippen LogP contribution in [0.3, 0.4) is 0 Å². The SMILES string of the molecule is CCCCN(CC)C(=O)CNC1CC1. The fraction of sp³-hybridized carbons (Fsp3) is 0.909. The maximum Gasteiger partial charge on any atom is 0.236 e. The van der Waals surface area contributed by atoms with Gasteiger partial charge in [0.25, 0.3) is 0 Å². The van der Waals surface area contributed by atoms with E-state index in [1.165, 1.54) is 12.8 Å². The maximum atomic E-state index is 11.7. The van der Waals surface area contributed by atoms with Crippen molar-refractivity contribution in [1.29, 1.82) is 0 Å². The Morgan fingerprint density at radius 3 is 2.64 bits per heavy atom. The number of nitrogens with zero attached hydrogens (tertiary/aromatic N) is 1. The zero-order valence-corrected chi connectivity index (χ0v) is 9.38. The molecule has 1 saturated carbocycles. The number of carbonyl (C=O) groups excluding carboxylic acids is 1. The van der Waals surface area contributed by atoms with Gasteiger partial charge < -0.3 is 10.2 Å². The third kappa shape index (κ3) is 4.09. The molecule has 1 fully saturated rings. The lowest BCUT2D eigenvalue weighted by Gasteiger charge is -2.20. The van der Waals surface area contributed by atoms with Gasteiger partial charge in [0.05, 0.1) is 6.54 Å². The molecule has 0 aromatic rings. The third-order valence-electron chi connectivity index (χ3n) is 2.64. The van der Waals surface area contributed by atoms with E-state index >= 15 is 0 Å². The minimum absolute atomic E-state index is 0.257. The summed E-state index contributed by atoms with van der Waals surface area (Å²) >= 11 is 0. The van der Waals surface area contributed by atoms with Gasteiger partial charge in [0.15, 0.2) is 0 Å². The first-order valence-corrected chi connectivity index (χ1v) is 5.79. The molecule has 0 saturated heterocycles. The van der Waals surface area contributed by atoms with E-state index in [0.29, 0.717) is 12.6 Å². The summed E-state index contributed by atoms with van der Waals surface area (Å²) in [4.78, 5) is 13.6. The first kappa shape index (κ1) is 11.5. The summed E-state index contributed by atoms with van der Waals surface area (Å²) in [6, 6.07) is 0.629. The van der Waals surface area contributed by atoms with Crippen LogP contribution < -0.4 is 5.32 Å². The molecule has 1 aliphatic rings. The van der Waals surface area contributed by atoms with Gasteiger partial charge in [-0.25, -0.2) is 0 Å². The van der Waals surface area contributed by atoms with Crippen molar-refractivity contribution >= 4 is 5.91 Å². The lowest BCUT2D eigenvalue weighted by molar-refractivity contribution is -0.130. The van der Waals surface area contributed by atoms with Crippen molar-refractivity contribution in [3.8, 4) is 0 Å². The zero-order valence-electron chi connectivity index (χ0n) is 9.38. The van der Waals surface area contributed by atoms with Crippen LogP contribution in [0.2, 0.25) is 0 Å². The van der Waals surface area contributed by atoms with Crippen molar-refractivity contribution in [1.82, 2.24) is 10.2 Å². The van der Waals surface area contributed by atoms with Crippen LogP contribution in [0, 0.1) is 0 Å². The molecule has 0 atom stereocenters. The van der Waals surface area contributed by atoms with E-state index in [1.807, 2.05) is 11.8 Å². The van der Waals surface area contributed by atoms with Gasteiger partial charge in [0.1, 0.15) is 0 Å². The monoisotopic (exact) mass is 198 g/mol. The summed E-state index contributed by atoms with van der Waals surface area (Å²) in [5.41, 5.74) is 0. The lowest BCUT2D eigenvalue weighted by Crippen LogP contribution is -2.39. The Kier molecular flexibility index (Phi) is 4.94. The van der Waals surface area contributed by atoms with E-state index in [1.54, 1.807) is 0 Å². The highest BCUT2D eigenvalue weighted by molar-refractivity contribution is 5.78. The molecule has 0 aromatic heterocycles. The average molecular weight is 198 g/mol. The number of hydrogen-bond donors (Lipinski definition) is 1. The molecular formula is C11H22N2O. The molecule has 0 aliphatic heterocycles. The second-order valence-corrected chi connectivity index (χ2v) is 3.98. The molecular weight excluding hydrogens is 176 g/mol. The summed E-state index contributed by atoms with van der Waals surface area (Å²) in [6.07, 6.45) is 4.76. The van der Waals surface area contributed by atoms with Gasteiger partial charge in [-0.2, -0.15) is 0 Å². The van der Waals surface area contributed by atoms with Crippen LogP contribution in [0.1, 0.15) is 39.5 Å². The molecule has 82 valence electrons. The highest BCUT2D eigenvalue weighted by Gasteiger charge is 2.22. The zero-order chi connectivity index (χ0) is 10.4. The summed E-state index contributed by atoms with van der Waals surface area (Å²) < 4.78 is 0. The maximum absolute atomic E-state index is 11.7. The van der Waals surface area contributed by atoms with Gasteiger partial charge in [-0.3, -0.25) is 4.79 Å². The number of rotatable bonds is 7. The Hall–Kier alpha value is -0.570. The van der Waals surface area contributed by atoms with Crippen LogP contribution in [-0.4, -0.2) is 36.5 Å². The van der Waals surface area contributed by atoms with E-state index in [2.05, 4.69) is 12.2 Å². The molecule has 0 heterocycles. The van der Waals surface area contributed by atoms with Gasteiger partial charge in [-0.1, -0.05) is 13.3 Å².